The lowest BCUT2D eigenvalue weighted by molar-refractivity contribution is -0.137. The molecule has 0 aliphatic rings. The summed E-state index contributed by atoms with van der Waals surface area (Å²) in [5, 5.41) is 9.82. The quantitative estimate of drug-likeness (QED) is 0.0540. The number of halogens is 1. The topological polar surface area (TPSA) is 37.3 Å². The summed E-state index contributed by atoms with van der Waals surface area (Å²) in [7, 11) is 0. The number of unbranched alkanes of at least 4 members (excludes halogenated alkanes) is 34. The molecule has 0 spiro atoms. The third-order valence-corrected chi connectivity index (χ3v) is 9.59. The minimum atomic E-state index is -0.648. The second kappa shape index (κ2) is 38.0. The van der Waals surface area contributed by atoms with E-state index < -0.39 is 5.97 Å². The van der Waals surface area contributed by atoms with Crippen molar-refractivity contribution in [3.63, 3.8) is 0 Å². The maximum absolute atomic E-state index is 10.5. The highest BCUT2D eigenvalue weighted by atomic mass is 79.9. The highest BCUT2D eigenvalue weighted by Gasteiger charge is 1.98. The molecule has 3 heteroatoms. The molecule has 246 valence electrons. The summed E-state index contributed by atoms with van der Waals surface area (Å²) in [5.74, 6) is -0.648. The van der Waals surface area contributed by atoms with Gasteiger partial charge in [0.25, 0.3) is 0 Å². The second-order valence-electron chi connectivity index (χ2n) is 13.2. The van der Waals surface area contributed by atoms with Gasteiger partial charge in [-0.2, -0.15) is 0 Å². The number of carbonyl (C=O) groups is 1. The van der Waals surface area contributed by atoms with Crippen LogP contribution in [0.3, 0.4) is 0 Å². The van der Waals surface area contributed by atoms with Crippen molar-refractivity contribution in [2.75, 3.05) is 5.33 Å². The van der Waals surface area contributed by atoms with Gasteiger partial charge in [0.15, 0.2) is 0 Å². The summed E-state index contributed by atoms with van der Waals surface area (Å²) in [4.78, 5) is 10.5. The molecule has 0 atom stereocenters. The van der Waals surface area contributed by atoms with E-state index in [-0.39, 0.29) is 0 Å². The Balaban J connectivity index is 3.03. The number of hydrogen-bond acceptors (Lipinski definition) is 1. The third-order valence-electron chi connectivity index (χ3n) is 9.02. The highest BCUT2D eigenvalue weighted by Crippen LogP contribution is 2.17. The molecule has 0 aromatic carbocycles. The molecule has 0 unspecified atom stereocenters. The summed E-state index contributed by atoms with van der Waals surface area (Å²) in [5.41, 5.74) is 0. The van der Waals surface area contributed by atoms with Crippen molar-refractivity contribution < 1.29 is 9.90 Å². The highest BCUT2D eigenvalue weighted by molar-refractivity contribution is 9.09. The summed E-state index contributed by atoms with van der Waals surface area (Å²) in [6, 6.07) is 0. The van der Waals surface area contributed by atoms with E-state index in [1.54, 1.807) is 0 Å². The predicted octanol–water partition coefficient (Wildman–Crippen LogP) is 14.5. The summed E-state index contributed by atoms with van der Waals surface area (Å²) < 4.78 is 0. The van der Waals surface area contributed by atoms with Crippen molar-refractivity contribution in [1.82, 2.24) is 0 Å². The molecule has 0 bridgehead atoms. The minimum Gasteiger partial charge on any atom is -0.481 e. The number of carboxylic acid groups (broad SMARTS) is 1. The first-order chi connectivity index (χ1) is 20.3. The van der Waals surface area contributed by atoms with Crippen LogP contribution in [0.1, 0.15) is 231 Å². The Labute approximate surface area is 267 Å². The van der Waals surface area contributed by atoms with Crippen LogP contribution in [-0.4, -0.2) is 16.4 Å². The Morgan fingerprint density at radius 1 is 0.293 bits per heavy atom. The van der Waals surface area contributed by atoms with E-state index in [9.17, 15) is 4.79 Å². The van der Waals surface area contributed by atoms with Gasteiger partial charge in [-0.15, -0.1) is 0 Å². The molecule has 41 heavy (non-hydrogen) atoms. The van der Waals surface area contributed by atoms with Crippen molar-refractivity contribution in [3.8, 4) is 0 Å². The molecule has 1 N–H and O–H groups in total. The first kappa shape index (κ1) is 41.0. The maximum atomic E-state index is 10.5. The van der Waals surface area contributed by atoms with Crippen LogP contribution in [0.4, 0.5) is 0 Å². The SMILES string of the molecule is O=C(O)CCCCCCCCCCCCCCCCCCCCCCCCCCCCCCCCCCCCCBr. The molecule has 0 saturated carbocycles. The van der Waals surface area contributed by atoms with E-state index in [1.807, 2.05) is 0 Å². The number of carboxylic acids is 1. The standard InChI is InChI=1S/C38H75BrO2/c39-37-35-33-31-29-27-25-23-21-19-17-15-13-11-9-7-5-3-1-2-4-6-8-10-12-14-16-18-20-22-24-26-28-30-32-34-36-38(40)41/h1-37H2,(H,40,41). The van der Waals surface area contributed by atoms with Crippen LogP contribution in [0.15, 0.2) is 0 Å². The van der Waals surface area contributed by atoms with E-state index in [0.717, 1.165) is 12.8 Å². The summed E-state index contributed by atoms with van der Waals surface area (Å²) in [6.45, 7) is 0. The predicted molar refractivity (Wildman–Crippen MR) is 188 cm³/mol. The van der Waals surface area contributed by atoms with Gasteiger partial charge in [-0.25, -0.2) is 0 Å². The minimum absolute atomic E-state index is 0.346. The van der Waals surface area contributed by atoms with Gasteiger partial charge in [-0.3, -0.25) is 4.79 Å². The molecular weight excluding hydrogens is 568 g/mol. The molecule has 0 aliphatic carbocycles. The van der Waals surface area contributed by atoms with Gasteiger partial charge in [-0.1, -0.05) is 228 Å². The Hall–Kier alpha value is -0.0500. The second-order valence-corrected chi connectivity index (χ2v) is 14.0. The van der Waals surface area contributed by atoms with Crippen molar-refractivity contribution in [2.24, 2.45) is 0 Å². The Bertz CT molecular complexity index is 481. The first-order valence-corrected chi connectivity index (χ1v) is 20.2. The molecule has 0 aromatic heterocycles. The molecule has 0 fully saturated rings. The molecule has 0 amide bonds. The fraction of sp³-hybridized carbons (Fsp3) is 0.974. The molecular formula is C38H75BrO2. The van der Waals surface area contributed by atoms with E-state index in [4.69, 9.17) is 5.11 Å². The normalized spacial score (nSPS) is 11.4. The Kier molecular flexibility index (Phi) is 37.9. The van der Waals surface area contributed by atoms with Gasteiger partial charge in [0.1, 0.15) is 0 Å². The van der Waals surface area contributed by atoms with Crippen molar-refractivity contribution in [3.05, 3.63) is 0 Å². The molecule has 0 radical (unpaired) electrons. The molecule has 2 nitrogen and oxygen atoms in total. The van der Waals surface area contributed by atoms with Crippen LogP contribution >= 0.6 is 15.9 Å². The zero-order valence-electron chi connectivity index (χ0n) is 27.9. The zero-order chi connectivity index (χ0) is 29.7. The molecule has 0 heterocycles. The average molecular weight is 644 g/mol. The zero-order valence-corrected chi connectivity index (χ0v) is 29.5. The van der Waals surface area contributed by atoms with Crippen LogP contribution in [-0.2, 0) is 4.79 Å². The molecule has 0 aliphatic heterocycles. The monoisotopic (exact) mass is 642 g/mol. The van der Waals surface area contributed by atoms with Crippen LogP contribution in [0, 0.1) is 0 Å². The molecule has 0 rings (SSSR count). The fourth-order valence-corrected chi connectivity index (χ4v) is 6.60. The number of rotatable bonds is 37. The van der Waals surface area contributed by atoms with Gasteiger partial charge in [0.05, 0.1) is 0 Å². The van der Waals surface area contributed by atoms with Gasteiger partial charge < -0.3 is 5.11 Å². The maximum Gasteiger partial charge on any atom is 0.303 e. The van der Waals surface area contributed by atoms with Crippen molar-refractivity contribution in [1.29, 1.82) is 0 Å². The summed E-state index contributed by atoms with van der Waals surface area (Å²) >= 11 is 3.52. The average Bonchev–Trinajstić information content (AvgIpc) is 2.97. The van der Waals surface area contributed by atoms with Gasteiger partial charge in [0, 0.05) is 11.8 Å². The lowest BCUT2D eigenvalue weighted by Gasteiger charge is -2.05. The number of aliphatic carboxylic acids is 1. The lowest BCUT2D eigenvalue weighted by atomic mass is 10.0. The van der Waals surface area contributed by atoms with Gasteiger partial charge in [0.2, 0.25) is 0 Å². The van der Waals surface area contributed by atoms with Crippen LogP contribution < -0.4 is 0 Å². The first-order valence-electron chi connectivity index (χ1n) is 19.0. The third kappa shape index (κ3) is 40.0. The van der Waals surface area contributed by atoms with E-state index in [2.05, 4.69) is 15.9 Å². The van der Waals surface area contributed by atoms with E-state index in [1.165, 1.54) is 217 Å². The van der Waals surface area contributed by atoms with Crippen molar-refractivity contribution >= 4 is 21.9 Å². The van der Waals surface area contributed by atoms with Crippen molar-refractivity contribution in [2.45, 2.75) is 231 Å². The van der Waals surface area contributed by atoms with Gasteiger partial charge >= 0.3 is 5.97 Å². The van der Waals surface area contributed by atoms with Crippen LogP contribution in [0.25, 0.3) is 0 Å². The lowest BCUT2D eigenvalue weighted by Crippen LogP contribution is -1.93. The van der Waals surface area contributed by atoms with Gasteiger partial charge in [-0.05, 0) is 12.8 Å². The molecule has 0 aromatic rings. The van der Waals surface area contributed by atoms with Crippen LogP contribution in [0.5, 0.6) is 0 Å². The molecule has 0 saturated heterocycles. The van der Waals surface area contributed by atoms with E-state index in [0.29, 0.717) is 6.42 Å². The van der Waals surface area contributed by atoms with E-state index >= 15 is 0 Å². The summed E-state index contributed by atoms with van der Waals surface area (Å²) in [6.07, 6.45) is 49.7. The van der Waals surface area contributed by atoms with Crippen LogP contribution in [0.2, 0.25) is 0 Å². The number of hydrogen-bond donors (Lipinski definition) is 1. The smallest absolute Gasteiger partial charge is 0.303 e. The Morgan fingerprint density at radius 3 is 0.585 bits per heavy atom. The Morgan fingerprint density at radius 2 is 0.439 bits per heavy atom. The fourth-order valence-electron chi connectivity index (χ4n) is 6.20. The number of alkyl halides is 1. The largest absolute Gasteiger partial charge is 0.481 e.